The Morgan fingerprint density at radius 2 is 1.52 bits per heavy atom. The predicted octanol–water partition coefficient (Wildman–Crippen LogP) is 1.61. The smallest absolute Gasteiger partial charge is 0.236 e. The van der Waals surface area contributed by atoms with Crippen LogP contribution in [0.5, 0.6) is 0 Å². The van der Waals surface area contributed by atoms with E-state index in [4.69, 9.17) is 5.11 Å². The number of aliphatic hydroxyl groups is 1. The zero-order valence-corrected chi connectivity index (χ0v) is 18.8. The number of ketones is 1. The second-order valence-corrected chi connectivity index (χ2v) is 8.78. The van der Waals surface area contributed by atoms with Crippen molar-refractivity contribution in [2.75, 3.05) is 39.3 Å². The fourth-order valence-electron chi connectivity index (χ4n) is 4.38. The first kappa shape index (κ1) is 23.1. The van der Waals surface area contributed by atoms with E-state index in [1.165, 1.54) is 5.56 Å². The largest absolute Gasteiger partial charge is 0.388 e. The fourth-order valence-corrected chi connectivity index (χ4v) is 4.38. The molecule has 2 unspecified atom stereocenters. The molecule has 2 N–H and O–H groups in total. The molecule has 1 saturated heterocycles. The SMILES string of the molecule is O=C(CO)c1ccc(CCC(=O)N2CCN(C(=O)CNC3CC3c3ccccc3)CC2)cc1. The summed E-state index contributed by atoms with van der Waals surface area (Å²) in [4.78, 5) is 40.3. The average molecular weight is 450 g/mol. The first-order valence-electron chi connectivity index (χ1n) is 11.6. The molecule has 4 rings (SSSR count). The third-order valence-corrected chi connectivity index (χ3v) is 6.57. The Balaban J connectivity index is 1.14. The van der Waals surface area contributed by atoms with E-state index in [9.17, 15) is 14.4 Å². The van der Waals surface area contributed by atoms with E-state index in [-0.39, 0.29) is 17.6 Å². The van der Waals surface area contributed by atoms with E-state index in [0.717, 1.165) is 12.0 Å². The third-order valence-electron chi connectivity index (χ3n) is 6.57. The van der Waals surface area contributed by atoms with E-state index < -0.39 is 6.61 Å². The zero-order chi connectivity index (χ0) is 23.2. The molecule has 33 heavy (non-hydrogen) atoms. The lowest BCUT2D eigenvalue weighted by Crippen LogP contribution is -2.52. The number of hydrogen-bond acceptors (Lipinski definition) is 5. The van der Waals surface area contributed by atoms with Crippen LogP contribution in [-0.4, -0.2) is 77.9 Å². The van der Waals surface area contributed by atoms with Gasteiger partial charge in [0.1, 0.15) is 6.61 Å². The van der Waals surface area contributed by atoms with Crippen LogP contribution in [0.3, 0.4) is 0 Å². The van der Waals surface area contributed by atoms with Crippen molar-refractivity contribution in [3.63, 3.8) is 0 Å². The van der Waals surface area contributed by atoms with Crippen LogP contribution in [0.25, 0.3) is 0 Å². The summed E-state index contributed by atoms with van der Waals surface area (Å²) < 4.78 is 0. The second kappa shape index (κ2) is 10.7. The molecule has 0 bridgehead atoms. The summed E-state index contributed by atoms with van der Waals surface area (Å²) in [6.07, 6.45) is 2.06. The molecule has 7 nitrogen and oxygen atoms in total. The maximum absolute atomic E-state index is 12.6. The molecule has 1 aliphatic carbocycles. The lowest BCUT2D eigenvalue weighted by molar-refractivity contribution is -0.139. The molecular formula is C26H31N3O4. The molecule has 2 aliphatic rings. The lowest BCUT2D eigenvalue weighted by Gasteiger charge is -2.35. The topological polar surface area (TPSA) is 90.0 Å². The zero-order valence-electron chi connectivity index (χ0n) is 18.8. The highest BCUT2D eigenvalue weighted by Gasteiger charge is 2.38. The molecular weight excluding hydrogens is 418 g/mol. The fraction of sp³-hybridized carbons (Fsp3) is 0.423. The van der Waals surface area contributed by atoms with Crippen molar-refractivity contribution in [2.45, 2.75) is 31.2 Å². The predicted molar refractivity (Wildman–Crippen MR) is 125 cm³/mol. The van der Waals surface area contributed by atoms with Gasteiger partial charge in [-0.3, -0.25) is 14.4 Å². The number of amides is 2. The molecule has 2 amide bonds. The van der Waals surface area contributed by atoms with Crippen LogP contribution in [0.15, 0.2) is 54.6 Å². The maximum atomic E-state index is 12.6. The van der Waals surface area contributed by atoms with Crippen LogP contribution in [0.1, 0.15) is 40.2 Å². The number of aryl methyl sites for hydroxylation is 1. The van der Waals surface area contributed by atoms with Crippen molar-refractivity contribution in [1.82, 2.24) is 15.1 Å². The number of benzene rings is 2. The van der Waals surface area contributed by atoms with Gasteiger partial charge in [0.2, 0.25) is 11.8 Å². The summed E-state index contributed by atoms with van der Waals surface area (Å²) in [5.41, 5.74) is 2.77. The molecule has 2 aromatic carbocycles. The number of rotatable bonds is 9. The summed E-state index contributed by atoms with van der Waals surface area (Å²) in [6, 6.07) is 17.8. The summed E-state index contributed by atoms with van der Waals surface area (Å²) in [7, 11) is 0. The van der Waals surface area contributed by atoms with Gasteiger partial charge in [0.15, 0.2) is 5.78 Å². The minimum Gasteiger partial charge on any atom is -0.388 e. The Hall–Kier alpha value is -3.03. The van der Waals surface area contributed by atoms with E-state index in [1.807, 2.05) is 40.1 Å². The van der Waals surface area contributed by atoms with Gasteiger partial charge >= 0.3 is 0 Å². The number of hydrogen-bond donors (Lipinski definition) is 2. The monoisotopic (exact) mass is 449 g/mol. The van der Waals surface area contributed by atoms with Crippen LogP contribution in [0.4, 0.5) is 0 Å². The first-order chi connectivity index (χ1) is 16.0. The van der Waals surface area contributed by atoms with Crippen LogP contribution >= 0.6 is 0 Å². The van der Waals surface area contributed by atoms with Gasteiger partial charge in [-0.15, -0.1) is 0 Å². The lowest BCUT2D eigenvalue weighted by atomic mass is 10.0. The molecule has 1 aliphatic heterocycles. The minimum atomic E-state index is -0.503. The molecule has 0 aromatic heterocycles. The minimum absolute atomic E-state index is 0.0828. The van der Waals surface area contributed by atoms with Gasteiger partial charge in [-0.05, 0) is 24.0 Å². The average Bonchev–Trinajstić information content (AvgIpc) is 3.66. The number of aliphatic hydroxyl groups excluding tert-OH is 1. The van der Waals surface area contributed by atoms with E-state index in [1.54, 1.807) is 12.1 Å². The van der Waals surface area contributed by atoms with E-state index >= 15 is 0 Å². The highest BCUT2D eigenvalue weighted by atomic mass is 16.3. The summed E-state index contributed by atoms with van der Waals surface area (Å²) in [6.45, 7) is 2.09. The number of carbonyl (C=O) groups excluding carboxylic acids is 3. The summed E-state index contributed by atoms with van der Waals surface area (Å²) in [5, 5.41) is 12.3. The van der Waals surface area contributed by atoms with Gasteiger partial charge in [0.25, 0.3) is 0 Å². The summed E-state index contributed by atoms with van der Waals surface area (Å²) >= 11 is 0. The number of carbonyl (C=O) groups is 3. The molecule has 0 radical (unpaired) electrons. The highest BCUT2D eigenvalue weighted by molar-refractivity contribution is 5.96. The van der Waals surface area contributed by atoms with Crippen LogP contribution in [0, 0.1) is 0 Å². The standard InChI is InChI=1S/C26H31N3O4/c30-18-24(31)21-9-6-19(7-10-21)8-11-25(32)28-12-14-29(15-13-28)26(33)17-27-23-16-22(23)20-4-2-1-3-5-20/h1-7,9-10,22-23,27,30H,8,11-18H2. The number of nitrogens with one attached hydrogen (secondary N) is 1. The highest BCUT2D eigenvalue weighted by Crippen LogP contribution is 2.40. The first-order valence-corrected chi connectivity index (χ1v) is 11.6. The van der Waals surface area contributed by atoms with E-state index in [0.29, 0.717) is 63.1 Å². The molecule has 1 saturated carbocycles. The van der Waals surface area contributed by atoms with E-state index in [2.05, 4.69) is 17.4 Å². The molecule has 2 aromatic rings. The molecule has 2 fully saturated rings. The molecule has 2 atom stereocenters. The van der Waals surface area contributed by atoms with Gasteiger partial charge in [0.05, 0.1) is 6.54 Å². The quantitative estimate of drug-likeness (QED) is 0.568. The molecule has 0 spiro atoms. The Morgan fingerprint density at radius 1 is 0.879 bits per heavy atom. The van der Waals surface area contributed by atoms with Crippen molar-refractivity contribution >= 4 is 17.6 Å². The van der Waals surface area contributed by atoms with Gasteiger partial charge in [-0.1, -0.05) is 54.6 Å². The van der Waals surface area contributed by atoms with Gasteiger partial charge in [-0.2, -0.15) is 0 Å². The van der Waals surface area contributed by atoms with Crippen molar-refractivity contribution in [3.05, 3.63) is 71.3 Å². The van der Waals surface area contributed by atoms with Gasteiger partial charge < -0.3 is 20.2 Å². The van der Waals surface area contributed by atoms with Crippen LogP contribution < -0.4 is 5.32 Å². The Kier molecular flexibility index (Phi) is 7.52. The Labute approximate surface area is 194 Å². The van der Waals surface area contributed by atoms with Crippen LogP contribution in [-0.2, 0) is 16.0 Å². The maximum Gasteiger partial charge on any atom is 0.236 e. The van der Waals surface area contributed by atoms with Crippen molar-refractivity contribution in [1.29, 1.82) is 0 Å². The van der Waals surface area contributed by atoms with Crippen molar-refractivity contribution in [2.24, 2.45) is 0 Å². The number of Topliss-reactive ketones (excluding diaryl/α,β-unsaturated/α-hetero) is 1. The molecule has 174 valence electrons. The second-order valence-electron chi connectivity index (χ2n) is 8.78. The normalized spacial score (nSPS) is 19.9. The Bertz CT molecular complexity index is 969. The van der Waals surface area contributed by atoms with Gasteiger partial charge in [0, 0.05) is 50.1 Å². The van der Waals surface area contributed by atoms with Crippen molar-refractivity contribution in [3.8, 4) is 0 Å². The third kappa shape index (κ3) is 6.06. The number of piperazine rings is 1. The molecule has 1 heterocycles. The summed E-state index contributed by atoms with van der Waals surface area (Å²) in [5.74, 6) is 0.367. The van der Waals surface area contributed by atoms with Gasteiger partial charge in [-0.25, -0.2) is 0 Å². The number of nitrogens with zero attached hydrogens (tertiary/aromatic N) is 2. The van der Waals surface area contributed by atoms with Crippen molar-refractivity contribution < 1.29 is 19.5 Å². The Morgan fingerprint density at radius 3 is 2.15 bits per heavy atom. The molecule has 7 heteroatoms. The van der Waals surface area contributed by atoms with Crippen LogP contribution in [0.2, 0.25) is 0 Å².